The monoisotopic (exact) mass is 386 g/mol. The zero-order valence-corrected chi connectivity index (χ0v) is 15.1. The molecule has 0 saturated carbocycles. The molecule has 0 radical (unpaired) electrons. The number of nitrogens with one attached hydrogen (secondary N) is 1. The molecule has 0 spiro atoms. The van der Waals surface area contributed by atoms with Crippen molar-refractivity contribution < 1.29 is 13.5 Å². The fourth-order valence-corrected chi connectivity index (χ4v) is 2.67. The SMILES string of the molecule is NCC(Cc1n[nH]c(=O)n1Cc1ccc(OCc2ccccc2)cc1)=C(F)F. The molecule has 0 aliphatic carbocycles. The van der Waals surface area contributed by atoms with Crippen molar-refractivity contribution in [1.29, 1.82) is 0 Å². The molecule has 6 nitrogen and oxygen atoms in total. The van der Waals surface area contributed by atoms with E-state index < -0.39 is 11.8 Å². The molecule has 2 aromatic carbocycles. The molecule has 0 amide bonds. The number of hydrogen-bond acceptors (Lipinski definition) is 4. The zero-order valence-electron chi connectivity index (χ0n) is 15.1. The summed E-state index contributed by atoms with van der Waals surface area (Å²) in [4.78, 5) is 12.0. The quantitative estimate of drug-likeness (QED) is 0.623. The van der Waals surface area contributed by atoms with Gasteiger partial charge in [-0.25, -0.2) is 9.89 Å². The lowest BCUT2D eigenvalue weighted by molar-refractivity contribution is 0.306. The van der Waals surface area contributed by atoms with Gasteiger partial charge in [-0.15, -0.1) is 0 Å². The van der Waals surface area contributed by atoms with Crippen molar-refractivity contribution in [3.8, 4) is 5.75 Å². The second kappa shape index (κ2) is 9.09. The van der Waals surface area contributed by atoms with E-state index in [-0.39, 0.29) is 30.9 Å². The maximum absolute atomic E-state index is 12.9. The average molecular weight is 386 g/mol. The van der Waals surface area contributed by atoms with Gasteiger partial charge < -0.3 is 10.5 Å². The lowest BCUT2D eigenvalue weighted by Crippen LogP contribution is -2.20. The third kappa shape index (κ3) is 4.92. The van der Waals surface area contributed by atoms with Crippen molar-refractivity contribution in [2.24, 2.45) is 5.73 Å². The number of aromatic nitrogens is 3. The van der Waals surface area contributed by atoms with Crippen molar-refractivity contribution >= 4 is 0 Å². The van der Waals surface area contributed by atoms with Gasteiger partial charge in [0.15, 0.2) is 0 Å². The van der Waals surface area contributed by atoms with Crippen LogP contribution in [0, 0.1) is 0 Å². The Bertz CT molecular complexity index is 991. The first kappa shape index (κ1) is 19.5. The van der Waals surface area contributed by atoms with E-state index in [1.165, 1.54) is 4.57 Å². The molecule has 0 unspecified atom stereocenters. The van der Waals surface area contributed by atoms with E-state index in [1.54, 1.807) is 12.1 Å². The van der Waals surface area contributed by atoms with Crippen LogP contribution in [0.4, 0.5) is 8.78 Å². The Hall–Kier alpha value is -3.26. The van der Waals surface area contributed by atoms with Crippen molar-refractivity contribution in [1.82, 2.24) is 14.8 Å². The molecule has 3 N–H and O–H groups in total. The van der Waals surface area contributed by atoms with Crippen LogP contribution in [-0.2, 0) is 19.6 Å². The van der Waals surface area contributed by atoms with Crippen LogP contribution >= 0.6 is 0 Å². The number of benzene rings is 2. The molecule has 8 heteroatoms. The fraction of sp³-hybridized carbons (Fsp3) is 0.200. The van der Waals surface area contributed by atoms with Gasteiger partial charge in [-0.2, -0.15) is 13.9 Å². The molecule has 0 aliphatic heterocycles. The number of rotatable bonds is 8. The molecule has 1 heterocycles. The largest absolute Gasteiger partial charge is 0.489 e. The topological polar surface area (TPSA) is 85.9 Å². The summed E-state index contributed by atoms with van der Waals surface area (Å²) in [5, 5.41) is 6.14. The van der Waals surface area contributed by atoms with Crippen LogP contribution in [0.25, 0.3) is 0 Å². The summed E-state index contributed by atoms with van der Waals surface area (Å²) in [6, 6.07) is 17.0. The van der Waals surface area contributed by atoms with E-state index in [0.717, 1.165) is 11.1 Å². The van der Waals surface area contributed by atoms with Gasteiger partial charge in [-0.05, 0) is 23.3 Å². The van der Waals surface area contributed by atoms with Gasteiger partial charge in [0.25, 0.3) is 6.08 Å². The summed E-state index contributed by atoms with van der Waals surface area (Å²) in [5.74, 6) is 0.905. The predicted octanol–water partition coefficient (Wildman–Crippen LogP) is 2.85. The van der Waals surface area contributed by atoms with Gasteiger partial charge in [0.05, 0.1) is 6.54 Å². The highest BCUT2D eigenvalue weighted by Gasteiger charge is 2.14. The van der Waals surface area contributed by atoms with Crippen LogP contribution in [0.1, 0.15) is 17.0 Å². The van der Waals surface area contributed by atoms with Crippen LogP contribution in [0.2, 0.25) is 0 Å². The molecule has 3 aromatic rings. The molecule has 0 bridgehead atoms. The standard InChI is InChI=1S/C20H20F2N4O2/c21-19(22)16(11-23)10-18-24-25-20(27)26(18)12-14-6-8-17(9-7-14)28-13-15-4-2-1-3-5-15/h1-9H,10-13,23H2,(H,25,27). The first-order chi connectivity index (χ1) is 13.6. The third-order valence-electron chi connectivity index (χ3n) is 4.23. The van der Waals surface area contributed by atoms with Crippen molar-refractivity contribution in [2.45, 2.75) is 19.6 Å². The Balaban J connectivity index is 1.68. The lowest BCUT2D eigenvalue weighted by atomic mass is 10.2. The Morgan fingerprint density at radius 1 is 1.07 bits per heavy atom. The van der Waals surface area contributed by atoms with Crippen molar-refractivity contribution in [3.63, 3.8) is 0 Å². The number of nitrogens with two attached hydrogens (primary N) is 1. The van der Waals surface area contributed by atoms with Crippen LogP contribution < -0.4 is 16.2 Å². The Morgan fingerprint density at radius 2 is 1.79 bits per heavy atom. The second-order valence-corrected chi connectivity index (χ2v) is 6.19. The van der Waals surface area contributed by atoms with E-state index in [2.05, 4.69) is 10.2 Å². The van der Waals surface area contributed by atoms with Crippen LogP contribution in [-0.4, -0.2) is 21.3 Å². The minimum atomic E-state index is -1.84. The molecular formula is C20H20F2N4O2. The third-order valence-corrected chi connectivity index (χ3v) is 4.23. The van der Waals surface area contributed by atoms with E-state index >= 15 is 0 Å². The van der Waals surface area contributed by atoms with E-state index in [0.29, 0.717) is 12.4 Å². The average Bonchev–Trinajstić information content (AvgIpc) is 3.05. The van der Waals surface area contributed by atoms with Crippen molar-refractivity contribution in [2.75, 3.05) is 6.54 Å². The first-order valence-corrected chi connectivity index (χ1v) is 8.69. The second-order valence-electron chi connectivity index (χ2n) is 6.19. The molecule has 0 aliphatic rings. The number of nitrogens with zero attached hydrogens (tertiary/aromatic N) is 2. The van der Waals surface area contributed by atoms with Crippen LogP contribution in [0.5, 0.6) is 5.75 Å². The normalized spacial score (nSPS) is 10.7. The lowest BCUT2D eigenvalue weighted by Gasteiger charge is -2.09. The van der Waals surface area contributed by atoms with E-state index in [4.69, 9.17) is 10.5 Å². The summed E-state index contributed by atoms with van der Waals surface area (Å²) >= 11 is 0. The smallest absolute Gasteiger partial charge is 0.343 e. The summed E-state index contributed by atoms with van der Waals surface area (Å²) in [7, 11) is 0. The minimum Gasteiger partial charge on any atom is -0.489 e. The van der Waals surface area contributed by atoms with Gasteiger partial charge in [0, 0.05) is 18.5 Å². The maximum atomic E-state index is 12.9. The molecule has 0 saturated heterocycles. The number of halogens is 2. The summed E-state index contributed by atoms with van der Waals surface area (Å²) in [6.07, 6.45) is -2.03. The number of H-pyrrole nitrogens is 1. The maximum Gasteiger partial charge on any atom is 0.343 e. The van der Waals surface area contributed by atoms with Gasteiger partial charge in [0.1, 0.15) is 18.2 Å². The molecule has 0 fully saturated rings. The summed E-state index contributed by atoms with van der Waals surface area (Å²) in [6.45, 7) is 0.362. The highest BCUT2D eigenvalue weighted by Crippen LogP contribution is 2.16. The van der Waals surface area contributed by atoms with Gasteiger partial charge in [-0.3, -0.25) is 4.57 Å². The van der Waals surface area contributed by atoms with Crippen LogP contribution in [0.3, 0.4) is 0 Å². The van der Waals surface area contributed by atoms with Gasteiger partial charge >= 0.3 is 5.69 Å². The van der Waals surface area contributed by atoms with Gasteiger partial charge in [-0.1, -0.05) is 42.5 Å². The summed E-state index contributed by atoms with van der Waals surface area (Å²) < 4.78 is 32.8. The van der Waals surface area contributed by atoms with E-state index in [9.17, 15) is 13.6 Å². The van der Waals surface area contributed by atoms with Crippen LogP contribution in [0.15, 0.2) is 71.0 Å². The fourth-order valence-electron chi connectivity index (χ4n) is 2.67. The highest BCUT2D eigenvalue weighted by molar-refractivity contribution is 5.28. The van der Waals surface area contributed by atoms with Gasteiger partial charge in [0.2, 0.25) is 0 Å². The van der Waals surface area contributed by atoms with E-state index in [1.807, 2.05) is 42.5 Å². The molecule has 28 heavy (non-hydrogen) atoms. The molecule has 146 valence electrons. The first-order valence-electron chi connectivity index (χ1n) is 8.69. The Labute approximate surface area is 160 Å². The highest BCUT2D eigenvalue weighted by atomic mass is 19.3. The number of ether oxygens (including phenoxy) is 1. The number of hydrogen-bond donors (Lipinski definition) is 2. The Kier molecular flexibility index (Phi) is 6.33. The molecule has 0 atom stereocenters. The Morgan fingerprint density at radius 3 is 2.43 bits per heavy atom. The minimum absolute atomic E-state index is 0.185. The predicted molar refractivity (Wildman–Crippen MR) is 101 cm³/mol. The van der Waals surface area contributed by atoms with Crippen molar-refractivity contribution in [3.05, 3.63) is 93.7 Å². The zero-order chi connectivity index (χ0) is 19.9. The number of aromatic amines is 1. The molecule has 3 rings (SSSR count). The molecular weight excluding hydrogens is 366 g/mol. The summed E-state index contributed by atoms with van der Waals surface area (Å²) in [5.41, 5.74) is 6.51. The molecule has 1 aromatic heterocycles.